The molecule has 24 heavy (non-hydrogen) atoms. The minimum Gasteiger partial charge on any atom is -0.496 e. The van der Waals surface area contributed by atoms with Crippen LogP contribution in [0.5, 0.6) is 17.2 Å². The molecule has 1 amide bonds. The molecular weight excluding hydrogens is 330 g/mol. The van der Waals surface area contributed by atoms with Crippen LogP contribution in [0, 0.1) is 11.3 Å². The molecule has 2 rings (SSSR count). The van der Waals surface area contributed by atoms with Crippen molar-refractivity contribution in [1.29, 1.82) is 5.26 Å². The van der Waals surface area contributed by atoms with Crippen LogP contribution in [0.2, 0.25) is 0 Å². The molecule has 1 aromatic carbocycles. The van der Waals surface area contributed by atoms with Crippen LogP contribution in [0.25, 0.3) is 6.08 Å². The van der Waals surface area contributed by atoms with Gasteiger partial charge >= 0.3 is 0 Å². The predicted octanol–water partition coefficient (Wildman–Crippen LogP) is 2.71. The molecule has 0 saturated heterocycles. The number of aromatic nitrogens is 1. The van der Waals surface area contributed by atoms with Gasteiger partial charge in [0.05, 0.1) is 21.3 Å². The van der Waals surface area contributed by atoms with E-state index in [-0.39, 0.29) is 5.57 Å². The van der Waals surface area contributed by atoms with Gasteiger partial charge in [-0.05, 0) is 12.1 Å². The van der Waals surface area contributed by atoms with Gasteiger partial charge in [0.15, 0.2) is 16.6 Å². The lowest BCUT2D eigenvalue weighted by atomic mass is 10.1. The molecule has 2 aromatic rings. The zero-order valence-electron chi connectivity index (χ0n) is 13.3. The summed E-state index contributed by atoms with van der Waals surface area (Å²) in [5.74, 6) is 0.839. The van der Waals surface area contributed by atoms with Crippen molar-refractivity contribution in [3.63, 3.8) is 0 Å². The van der Waals surface area contributed by atoms with Gasteiger partial charge in [0, 0.05) is 23.2 Å². The van der Waals surface area contributed by atoms with Crippen molar-refractivity contribution in [3.8, 4) is 23.3 Å². The SMILES string of the molecule is COc1cc(OC)c(OC)cc1/C=C(\C#N)C(=O)Nc1nccs1. The lowest BCUT2D eigenvalue weighted by molar-refractivity contribution is -0.112. The molecule has 1 aromatic heterocycles. The molecule has 1 heterocycles. The topological polar surface area (TPSA) is 93.5 Å². The normalized spacial score (nSPS) is 10.7. The molecule has 8 heteroatoms. The Morgan fingerprint density at radius 1 is 1.21 bits per heavy atom. The van der Waals surface area contributed by atoms with Gasteiger partial charge in [-0.25, -0.2) is 4.98 Å². The molecule has 0 aliphatic heterocycles. The number of nitriles is 1. The van der Waals surface area contributed by atoms with Crippen molar-refractivity contribution in [3.05, 3.63) is 34.8 Å². The van der Waals surface area contributed by atoms with Crippen LogP contribution in [0.1, 0.15) is 5.56 Å². The molecular formula is C16H15N3O4S. The first-order chi connectivity index (χ1) is 11.6. The van der Waals surface area contributed by atoms with E-state index < -0.39 is 5.91 Å². The van der Waals surface area contributed by atoms with Crippen LogP contribution >= 0.6 is 11.3 Å². The Morgan fingerprint density at radius 2 is 1.88 bits per heavy atom. The fourth-order valence-electron chi connectivity index (χ4n) is 1.92. The molecule has 0 fully saturated rings. The third-order valence-corrected chi connectivity index (χ3v) is 3.74. The minimum atomic E-state index is -0.552. The van der Waals surface area contributed by atoms with Gasteiger partial charge in [0.25, 0.3) is 5.91 Å². The number of nitrogens with one attached hydrogen (secondary N) is 1. The van der Waals surface area contributed by atoms with Crippen molar-refractivity contribution in [2.75, 3.05) is 26.6 Å². The van der Waals surface area contributed by atoms with Gasteiger partial charge < -0.3 is 14.2 Å². The third-order valence-electron chi connectivity index (χ3n) is 3.05. The molecule has 0 aliphatic carbocycles. The van der Waals surface area contributed by atoms with Crippen LogP contribution in [0.15, 0.2) is 29.3 Å². The zero-order chi connectivity index (χ0) is 17.5. The summed E-state index contributed by atoms with van der Waals surface area (Å²) < 4.78 is 15.7. The fraction of sp³-hybridized carbons (Fsp3) is 0.188. The second-order valence-corrected chi connectivity index (χ2v) is 5.30. The first-order valence-corrected chi connectivity index (χ1v) is 7.63. The molecule has 0 unspecified atom stereocenters. The van der Waals surface area contributed by atoms with Crippen LogP contribution in [-0.4, -0.2) is 32.2 Å². The molecule has 124 valence electrons. The molecule has 0 saturated carbocycles. The third kappa shape index (κ3) is 3.83. The summed E-state index contributed by atoms with van der Waals surface area (Å²) >= 11 is 1.26. The van der Waals surface area contributed by atoms with Crippen molar-refractivity contribution >= 4 is 28.5 Å². The number of rotatable bonds is 6. The Morgan fingerprint density at radius 3 is 2.42 bits per heavy atom. The second-order valence-electron chi connectivity index (χ2n) is 4.41. The minimum absolute atomic E-state index is 0.0873. The van der Waals surface area contributed by atoms with E-state index >= 15 is 0 Å². The van der Waals surface area contributed by atoms with E-state index in [1.807, 2.05) is 6.07 Å². The standard InChI is InChI=1S/C16H15N3O4S/c1-21-12-8-14(23-3)13(22-2)7-10(12)6-11(9-17)15(20)19-16-18-4-5-24-16/h4-8H,1-3H3,(H,18,19,20)/b11-6+. The first kappa shape index (κ1) is 17.3. The van der Waals surface area contributed by atoms with Crippen molar-refractivity contribution in [2.24, 2.45) is 0 Å². The highest BCUT2D eigenvalue weighted by Gasteiger charge is 2.15. The fourth-order valence-corrected chi connectivity index (χ4v) is 2.44. The Kier molecular flexibility index (Phi) is 5.76. The van der Waals surface area contributed by atoms with Crippen molar-refractivity contribution < 1.29 is 19.0 Å². The van der Waals surface area contributed by atoms with Crippen molar-refractivity contribution in [1.82, 2.24) is 4.98 Å². The number of ether oxygens (including phenoxy) is 3. The van der Waals surface area contributed by atoms with E-state index in [0.29, 0.717) is 27.9 Å². The summed E-state index contributed by atoms with van der Waals surface area (Å²) in [5.41, 5.74) is 0.428. The van der Waals surface area contributed by atoms with Crippen LogP contribution in [0.4, 0.5) is 5.13 Å². The molecule has 7 nitrogen and oxygen atoms in total. The Bertz CT molecular complexity index is 794. The van der Waals surface area contributed by atoms with Crippen LogP contribution in [0.3, 0.4) is 0 Å². The number of benzene rings is 1. The summed E-state index contributed by atoms with van der Waals surface area (Å²) in [6, 6.07) is 5.13. The van der Waals surface area contributed by atoms with Gasteiger partial charge in [-0.1, -0.05) is 0 Å². The zero-order valence-corrected chi connectivity index (χ0v) is 14.1. The second kappa shape index (κ2) is 7.99. The van der Waals surface area contributed by atoms with E-state index in [1.54, 1.807) is 23.7 Å². The van der Waals surface area contributed by atoms with Crippen LogP contribution < -0.4 is 19.5 Å². The molecule has 0 spiro atoms. The number of hydrogen-bond acceptors (Lipinski definition) is 7. The van der Waals surface area contributed by atoms with E-state index in [1.165, 1.54) is 38.7 Å². The van der Waals surface area contributed by atoms with E-state index in [2.05, 4.69) is 10.3 Å². The number of carbonyl (C=O) groups excluding carboxylic acids is 1. The highest BCUT2D eigenvalue weighted by atomic mass is 32.1. The lowest BCUT2D eigenvalue weighted by Gasteiger charge is -2.12. The van der Waals surface area contributed by atoms with Gasteiger partial charge in [-0.2, -0.15) is 5.26 Å². The maximum Gasteiger partial charge on any atom is 0.268 e. The molecule has 0 aliphatic rings. The van der Waals surface area contributed by atoms with E-state index in [9.17, 15) is 10.1 Å². The van der Waals surface area contributed by atoms with E-state index in [0.717, 1.165) is 0 Å². The highest BCUT2D eigenvalue weighted by Crippen LogP contribution is 2.35. The van der Waals surface area contributed by atoms with Gasteiger partial charge in [-0.3, -0.25) is 10.1 Å². The summed E-state index contributed by atoms with van der Waals surface area (Å²) in [7, 11) is 4.49. The first-order valence-electron chi connectivity index (χ1n) is 6.75. The number of carbonyl (C=O) groups is 1. The average Bonchev–Trinajstić information content (AvgIpc) is 3.11. The van der Waals surface area contributed by atoms with Gasteiger partial charge in [-0.15, -0.1) is 11.3 Å². The molecule has 1 N–H and O–H groups in total. The number of amides is 1. The lowest BCUT2D eigenvalue weighted by Crippen LogP contribution is -2.13. The van der Waals surface area contributed by atoms with Gasteiger partial charge in [0.2, 0.25) is 0 Å². The molecule has 0 radical (unpaired) electrons. The maximum atomic E-state index is 12.2. The summed E-state index contributed by atoms with van der Waals surface area (Å²) in [6.07, 6.45) is 2.98. The van der Waals surface area contributed by atoms with Crippen LogP contribution in [-0.2, 0) is 4.79 Å². The van der Waals surface area contributed by atoms with Gasteiger partial charge in [0.1, 0.15) is 17.4 Å². The summed E-state index contributed by atoms with van der Waals surface area (Å²) in [4.78, 5) is 16.1. The number of thiazole rings is 1. The van der Waals surface area contributed by atoms with Crippen molar-refractivity contribution in [2.45, 2.75) is 0 Å². The predicted molar refractivity (Wildman–Crippen MR) is 90.4 cm³/mol. The number of anilines is 1. The average molecular weight is 345 g/mol. The number of nitrogens with zero attached hydrogens (tertiary/aromatic N) is 2. The van der Waals surface area contributed by atoms with E-state index in [4.69, 9.17) is 14.2 Å². The Balaban J connectivity index is 2.39. The summed E-state index contributed by atoms with van der Waals surface area (Å²) in [5, 5.41) is 14.0. The number of hydrogen-bond donors (Lipinski definition) is 1. The number of methoxy groups -OCH3 is 3. The molecule has 0 bridgehead atoms. The monoisotopic (exact) mass is 345 g/mol. The largest absolute Gasteiger partial charge is 0.496 e. The Hall–Kier alpha value is -3.05. The molecule has 0 atom stereocenters. The smallest absolute Gasteiger partial charge is 0.268 e. The Labute approximate surface area is 143 Å². The maximum absolute atomic E-state index is 12.2. The quantitative estimate of drug-likeness (QED) is 0.639. The summed E-state index contributed by atoms with van der Waals surface area (Å²) in [6.45, 7) is 0. The highest BCUT2D eigenvalue weighted by molar-refractivity contribution is 7.13.